The van der Waals surface area contributed by atoms with Crippen LogP contribution in [0.3, 0.4) is 0 Å². The molecule has 0 N–H and O–H groups in total. The fourth-order valence-electron chi connectivity index (χ4n) is 0.391. The monoisotopic (exact) mass is 239 g/mol. The molecule has 0 radical (unpaired) electrons. The number of halogens is 1. The van der Waals surface area contributed by atoms with Crippen molar-refractivity contribution in [1.82, 2.24) is 4.37 Å². The van der Waals surface area contributed by atoms with Gasteiger partial charge in [0.25, 0.3) is 0 Å². The van der Waals surface area contributed by atoms with E-state index in [4.69, 9.17) is 0 Å². The fourth-order valence-corrected chi connectivity index (χ4v) is 1.86. The third-order valence-corrected chi connectivity index (χ3v) is 3.33. The highest BCUT2D eigenvalue weighted by Gasteiger charge is 1.99. The summed E-state index contributed by atoms with van der Waals surface area (Å²) in [4.78, 5) is 1.33. The molecule has 0 saturated heterocycles. The average Bonchev–Trinajstić information content (AvgIpc) is 1.98. The molecule has 0 spiro atoms. The average molecular weight is 239 g/mol. The summed E-state index contributed by atoms with van der Waals surface area (Å²) in [5, 5.41) is 0. The smallest absolute Gasteiger partial charge is 0.118 e. The molecular formula is C5H6INS. The lowest BCUT2D eigenvalue weighted by Gasteiger charge is -1.82. The van der Waals surface area contributed by atoms with E-state index in [1.54, 1.807) is 11.5 Å². The van der Waals surface area contributed by atoms with Gasteiger partial charge in [-0.2, -0.15) is 4.37 Å². The van der Waals surface area contributed by atoms with Gasteiger partial charge in [-0.05, 0) is 53.5 Å². The van der Waals surface area contributed by atoms with Crippen LogP contribution in [-0.4, -0.2) is 4.37 Å². The maximum atomic E-state index is 4.14. The number of rotatable bonds is 0. The molecule has 0 aliphatic heterocycles. The van der Waals surface area contributed by atoms with E-state index in [0.29, 0.717) is 0 Å². The number of hydrogen-bond donors (Lipinski definition) is 0. The quantitative estimate of drug-likeness (QED) is 0.633. The van der Waals surface area contributed by atoms with Crippen LogP contribution in [0.2, 0.25) is 0 Å². The van der Waals surface area contributed by atoms with Crippen molar-refractivity contribution in [1.29, 1.82) is 0 Å². The molecule has 0 amide bonds. The maximum Gasteiger partial charge on any atom is 0.118 e. The van der Waals surface area contributed by atoms with Crippen LogP contribution in [0.25, 0.3) is 0 Å². The Morgan fingerprint density at radius 2 is 2.12 bits per heavy atom. The maximum absolute atomic E-state index is 4.14. The minimum Gasteiger partial charge on any atom is -0.186 e. The molecule has 0 bridgehead atoms. The van der Waals surface area contributed by atoms with Crippen molar-refractivity contribution in [2.45, 2.75) is 13.8 Å². The van der Waals surface area contributed by atoms with E-state index in [2.05, 4.69) is 40.8 Å². The molecule has 1 rings (SSSR count). The van der Waals surface area contributed by atoms with Crippen LogP contribution in [0.15, 0.2) is 0 Å². The standard InChI is InChI=1S/C5H6INS/c1-3-4(2)8-7-5(3)6/h1-2H3. The molecule has 1 heterocycles. The molecule has 0 aliphatic rings. The first-order valence-corrected chi connectivity index (χ1v) is 4.15. The lowest BCUT2D eigenvalue weighted by Crippen LogP contribution is -1.72. The van der Waals surface area contributed by atoms with Crippen LogP contribution in [-0.2, 0) is 0 Å². The highest BCUT2D eigenvalue weighted by molar-refractivity contribution is 14.1. The predicted molar refractivity (Wildman–Crippen MR) is 44.3 cm³/mol. The van der Waals surface area contributed by atoms with Gasteiger partial charge in [0.15, 0.2) is 0 Å². The van der Waals surface area contributed by atoms with Crippen molar-refractivity contribution in [3.8, 4) is 0 Å². The van der Waals surface area contributed by atoms with Gasteiger partial charge in [-0.15, -0.1) is 0 Å². The number of nitrogens with zero attached hydrogens (tertiary/aromatic N) is 1. The molecule has 3 heteroatoms. The van der Waals surface area contributed by atoms with Gasteiger partial charge in [0.2, 0.25) is 0 Å². The molecule has 8 heavy (non-hydrogen) atoms. The van der Waals surface area contributed by atoms with E-state index in [9.17, 15) is 0 Å². The van der Waals surface area contributed by atoms with E-state index >= 15 is 0 Å². The molecule has 0 unspecified atom stereocenters. The summed E-state index contributed by atoms with van der Waals surface area (Å²) >= 11 is 3.82. The number of aromatic nitrogens is 1. The Kier molecular flexibility index (Phi) is 1.87. The molecule has 0 fully saturated rings. The Bertz CT molecular complexity index is 175. The molecule has 0 aliphatic carbocycles. The summed E-state index contributed by atoms with van der Waals surface area (Å²) in [6.07, 6.45) is 0. The highest BCUT2D eigenvalue weighted by Crippen LogP contribution is 2.17. The van der Waals surface area contributed by atoms with Gasteiger partial charge < -0.3 is 0 Å². The molecule has 0 saturated carbocycles. The van der Waals surface area contributed by atoms with Gasteiger partial charge in [0.1, 0.15) is 3.70 Å². The zero-order valence-corrected chi connectivity index (χ0v) is 7.71. The van der Waals surface area contributed by atoms with Crippen LogP contribution in [0.5, 0.6) is 0 Å². The van der Waals surface area contributed by atoms with Crippen molar-refractivity contribution in [2.24, 2.45) is 0 Å². The third kappa shape index (κ3) is 1.02. The van der Waals surface area contributed by atoms with Gasteiger partial charge in [-0.25, -0.2) is 0 Å². The fraction of sp³-hybridized carbons (Fsp3) is 0.400. The molecular weight excluding hydrogens is 233 g/mol. The van der Waals surface area contributed by atoms with Crippen molar-refractivity contribution >= 4 is 34.1 Å². The highest BCUT2D eigenvalue weighted by atomic mass is 127. The SMILES string of the molecule is Cc1snc(I)c1C. The second-order valence-electron chi connectivity index (χ2n) is 1.65. The normalized spacial score (nSPS) is 9.88. The Balaban J connectivity index is 3.19. The molecule has 0 atom stereocenters. The second-order valence-corrected chi connectivity index (χ2v) is 3.65. The number of hydrogen-bond acceptors (Lipinski definition) is 2. The van der Waals surface area contributed by atoms with E-state index in [-0.39, 0.29) is 0 Å². The summed E-state index contributed by atoms with van der Waals surface area (Å²) in [6, 6.07) is 0. The third-order valence-electron chi connectivity index (χ3n) is 1.10. The Morgan fingerprint density at radius 1 is 1.50 bits per heavy atom. The minimum atomic E-state index is 1.14. The lowest BCUT2D eigenvalue weighted by molar-refractivity contribution is 1.35. The van der Waals surface area contributed by atoms with Crippen molar-refractivity contribution < 1.29 is 0 Å². The van der Waals surface area contributed by atoms with Gasteiger partial charge in [-0.1, -0.05) is 0 Å². The second kappa shape index (κ2) is 2.31. The van der Waals surface area contributed by atoms with Gasteiger partial charge in [-0.3, -0.25) is 0 Å². The number of aryl methyl sites for hydroxylation is 1. The Hall–Kier alpha value is 0.360. The first kappa shape index (κ1) is 6.48. The van der Waals surface area contributed by atoms with Crippen LogP contribution < -0.4 is 0 Å². The Morgan fingerprint density at radius 3 is 2.25 bits per heavy atom. The van der Waals surface area contributed by atoms with Crippen molar-refractivity contribution in [3.05, 3.63) is 14.1 Å². The summed E-state index contributed by atoms with van der Waals surface area (Å²) in [6.45, 7) is 4.19. The van der Waals surface area contributed by atoms with Crippen LogP contribution >= 0.6 is 34.1 Å². The van der Waals surface area contributed by atoms with Gasteiger partial charge in [0.05, 0.1) is 0 Å². The van der Waals surface area contributed by atoms with E-state index in [1.165, 1.54) is 10.4 Å². The summed E-state index contributed by atoms with van der Waals surface area (Å²) < 4.78 is 5.29. The largest absolute Gasteiger partial charge is 0.186 e. The van der Waals surface area contributed by atoms with Gasteiger partial charge >= 0.3 is 0 Å². The van der Waals surface area contributed by atoms with E-state index in [0.717, 1.165) is 3.70 Å². The molecule has 1 aromatic rings. The van der Waals surface area contributed by atoms with E-state index in [1.807, 2.05) is 0 Å². The topological polar surface area (TPSA) is 12.9 Å². The van der Waals surface area contributed by atoms with Crippen molar-refractivity contribution in [3.63, 3.8) is 0 Å². The molecule has 1 aromatic heterocycles. The lowest BCUT2D eigenvalue weighted by atomic mass is 10.3. The summed E-state index contributed by atoms with van der Waals surface area (Å²) in [7, 11) is 0. The summed E-state index contributed by atoms with van der Waals surface area (Å²) in [5.74, 6) is 0. The molecule has 0 aromatic carbocycles. The predicted octanol–water partition coefficient (Wildman–Crippen LogP) is 2.36. The van der Waals surface area contributed by atoms with Crippen molar-refractivity contribution in [2.75, 3.05) is 0 Å². The first-order chi connectivity index (χ1) is 3.72. The van der Waals surface area contributed by atoms with Crippen LogP contribution in [0.4, 0.5) is 0 Å². The first-order valence-electron chi connectivity index (χ1n) is 2.30. The summed E-state index contributed by atoms with van der Waals surface area (Å²) in [5.41, 5.74) is 1.33. The molecule has 44 valence electrons. The van der Waals surface area contributed by atoms with Crippen LogP contribution in [0, 0.1) is 17.5 Å². The Labute approximate surface area is 66.4 Å². The van der Waals surface area contributed by atoms with Crippen LogP contribution in [0.1, 0.15) is 10.4 Å². The zero-order chi connectivity index (χ0) is 6.15. The minimum absolute atomic E-state index is 1.14. The zero-order valence-electron chi connectivity index (χ0n) is 4.73. The van der Waals surface area contributed by atoms with Gasteiger partial charge in [0, 0.05) is 4.88 Å². The molecule has 1 nitrogen and oxygen atoms in total. The van der Waals surface area contributed by atoms with E-state index < -0.39 is 0 Å².